The lowest BCUT2D eigenvalue weighted by molar-refractivity contribution is 0.0900. The maximum absolute atomic E-state index is 13.8. The molecule has 2 atom stereocenters. The molecule has 1 aliphatic heterocycles. The first-order valence-corrected chi connectivity index (χ1v) is 7.73. The SMILES string of the molecule is CCCOc1cc(NCC2CCOC2CC)c(N)cc1F. The molecule has 4 nitrogen and oxygen atoms in total. The van der Waals surface area contributed by atoms with Crippen LogP contribution in [0.1, 0.15) is 33.1 Å². The van der Waals surface area contributed by atoms with Crippen LogP contribution in [0.4, 0.5) is 15.8 Å². The van der Waals surface area contributed by atoms with Gasteiger partial charge < -0.3 is 20.5 Å². The van der Waals surface area contributed by atoms with Crippen LogP contribution in [0.5, 0.6) is 5.75 Å². The van der Waals surface area contributed by atoms with E-state index in [0.717, 1.165) is 38.1 Å². The highest BCUT2D eigenvalue weighted by Gasteiger charge is 2.26. The molecule has 0 aliphatic carbocycles. The van der Waals surface area contributed by atoms with Gasteiger partial charge >= 0.3 is 0 Å². The van der Waals surface area contributed by atoms with E-state index in [4.69, 9.17) is 15.2 Å². The largest absolute Gasteiger partial charge is 0.490 e. The van der Waals surface area contributed by atoms with Gasteiger partial charge in [-0.05, 0) is 19.3 Å². The van der Waals surface area contributed by atoms with Crippen molar-refractivity contribution in [3.63, 3.8) is 0 Å². The molecule has 1 heterocycles. The van der Waals surface area contributed by atoms with E-state index in [-0.39, 0.29) is 5.75 Å². The molecule has 2 rings (SSSR count). The highest BCUT2D eigenvalue weighted by atomic mass is 19.1. The molecule has 0 saturated carbocycles. The van der Waals surface area contributed by atoms with Gasteiger partial charge in [0.05, 0.1) is 24.1 Å². The van der Waals surface area contributed by atoms with Gasteiger partial charge in [-0.15, -0.1) is 0 Å². The van der Waals surface area contributed by atoms with E-state index in [0.29, 0.717) is 24.3 Å². The topological polar surface area (TPSA) is 56.5 Å². The first kappa shape index (κ1) is 15.9. The molecule has 5 heteroatoms. The van der Waals surface area contributed by atoms with Crippen LogP contribution in [-0.4, -0.2) is 25.9 Å². The van der Waals surface area contributed by atoms with Gasteiger partial charge in [-0.1, -0.05) is 13.8 Å². The van der Waals surface area contributed by atoms with E-state index in [1.807, 2.05) is 6.92 Å². The molecule has 3 N–H and O–H groups in total. The molecule has 0 amide bonds. The summed E-state index contributed by atoms with van der Waals surface area (Å²) in [5.74, 6) is 0.310. The lowest BCUT2D eigenvalue weighted by Gasteiger charge is -2.19. The molecular weight excluding hydrogens is 271 g/mol. The summed E-state index contributed by atoms with van der Waals surface area (Å²) in [6.07, 6.45) is 3.20. The molecule has 1 fully saturated rings. The minimum Gasteiger partial charge on any atom is -0.490 e. The fraction of sp³-hybridized carbons (Fsp3) is 0.625. The number of nitrogen functional groups attached to an aromatic ring is 1. The number of halogens is 1. The summed E-state index contributed by atoms with van der Waals surface area (Å²) in [5.41, 5.74) is 7.01. The molecule has 0 aromatic heterocycles. The molecule has 118 valence electrons. The Bertz CT molecular complexity index is 468. The van der Waals surface area contributed by atoms with Crippen LogP contribution >= 0.6 is 0 Å². The van der Waals surface area contributed by atoms with E-state index in [2.05, 4.69) is 12.2 Å². The zero-order valence-corrected chi connectivity index (χ0v) is 12.8. The van der Waals surface area contributed by atoms with Crippen molar-refractivity contribution in [1.29, 1.82) is 0 Å². The molecule has 21 heavy (non-hydrogen) atoms. The van der Waals surface area contributed by atoms with Gasteiger partial charge in [-0.2, -0.15) is 0 Å². The van der Waals surface area contributed by atoms with Gasteiger partial charge in [0, 0.05) is 31.2 Å². The predicted molar refractivity (Wildman–Crippen MR) is 83.2 cm³/mol. The highest BCUT2D eigenvalue weighted by molar-refractivity contribution is 5.68. The number of rotatable bonds is 7. The van der Waals surface area contributed by atoms with Crippen molar-refractivity contribution < 1.29 is 13.9 Å². The fourth-order valence-corrected chi connectivity index (χ4v) is 2.66. The highest BCUT2D eigenvalue weighted by Crippen LogP contribution is 2.30. The molecular formula is C16H25FN2O2. The number of anilines is 2. The Balaban J connectivity index is 2.01. The van der Waals surface area contributed by atoms with Crippen LogP contribution in [0.3, 0.4) is 0 Å². The number of ether oxygens (including phenoxy) is 2. The monoisotopic (exact) mass is 296 g/mol. The third-order valence-corrected chi connectivity index (χ3v) is 3.87. The average molecular weight is 296 g/mol. The quantitative estimate of drug-likeness (QED) is 0.757. The standard InChI is InChI=1S/C16H25FN2O2/c1-3-6-20-16-9-14(13(18)8-12(16)17)19-10-11-5-7-21-15(11)4-2/h8-9,11,15,19H,3-7,10,18H2,1-2H3. The van der Waals surface area contributed by atoms with E-state index in [9.17, 15) is 4.39 Å². The van der Waals surface area contributed by atoms with Gasteiger partial charge in [0.2, 0.25) is 0 Å². The number of nitrogens with one attached hydrogen (secondary N) is 1. The lowest BCUT2D eigenvalue weighted by Crippen LogP contribution is -2.23. The summed E-state index contributed by atoms with van der Waals surface area (Å²) in [7, 11) is 0. The molecule has 0 spiro atoms. The Labute approximate surface area is 125 Å². The van der Waals surface area contributed by atoms with Crippen LogP contribution in [0.25, 0.3) is 0 Å². The maximum Gasteiger partial charge on any atom is 0.167 e. The minimum atomic E-state index is -0.415. The third-order valence-electron chi connectivity index (χ3n) is 3.87. The van der Waals surface area contributed by atoms with Crippen molar-refractivity contribution in [2.45, 2.75) is 39.2 Å². The fourth-order valence-electron chi connectivity index (χ4n) is 2.66. The molecule has 0 bridgehead atoms. The summed E-state index contributed by atoms with van der Waals surface area (Å²) in [4.78, 5) is 0. The van der Waals surface area contributed by atoms with Gasteiger partial charge in [0.15, 0.2) is 11.6 Å². The smallest absolute Gasteiger partial charge is 0.167 e. The van der Waals surface area contributed by atoms with E-state index >= 15 is 0 Å². The molecule has 1 aromatic carbocycles. The van der Waals surface area contributed by atoms with Crippen LogP contribution in [-0.2, 0) is 4.74 Å². The van der Waals surface area contributed by atoms with Crippen LogP contribution in [0, 0.1) is 11.7 Å². The van der Waals surface area contributed by atoms with Crippen molar-refractivity contribution in [1.82, 2.24) is 0 Å². The maximum atomic E-state index is 13.8. The summed E-state index contributed by atoms with van der Waals surface area (Å²) >= 11 is 0. The summed E-state index contributed by atoms with van der Waals surface area (Å²) < 4.78 is 24.8. The minimum absolute atomic E-state index is 0.253. The van der Waals surface area contributed by atoms with Gasteiger partial charge in [-0.3, -0.25) is 0 Å². The summed E-state index contributed by atoms with van der Waals surface area (Å²) in [5, 5.41) is 3.31. The molecule has 1 aliphatic rings. The Kier molecular flexibility index (Phi) is 5.67. The second-order valence-electron chi connectivity index (χ2n) is 5.47. The Morgan fingerprint density at radius 2 is 2.24 bits per heavy atom. The number of nitrogens with two attached hydrogens (primary N) is 1. The normalized spacial score (nSPS) is 21.5. The van der Waals surface area contributed by atoms with Crippen molar-refractivity contribution in [2.24, 2.45) is 5.92 Å². The summed E-state index contributed by atoms with van der Waals surface area (Å²) in [6.45, 7) is 6.20. The molecule has 1 aromatic rings. The molecule has 2 unspecified atom stereocenters. The molecule has 0 radical (unpaired) electrons. The second-order valence-corrected chi connectivity index (χ2v) is 5.47. The predicted octanol–water partition coefficient (Wildman–Crippen LogP) is 3.42. The van der Waals surface area contributed by atoms with Gasteiger partial charge in [-0.25, -0.2) is 4.39 Å². The van der Waals surface area contributed by atoms with Crippen LogP contribution in [0.15, 0.2) is 12.1 Å². The van der Waals surface area contributed by atoms with Crippen molar-refractivity contribution >= 4 is 11.4 Å². The van der Waals surface area contributed by atoms with E-state index < -0.39 is 5.82 Å². The van der Waals surface area contributed by atoms with E-state index in [1.165, 1.54) is 6.07 Å². The number of benzene rings is 1. The molecule has 1 saturated heterocycles. The average Bonchev–Trinajstić information content (AvgIpc) is 2.93. The lowest BCUT2D eigenvalue weighted by atomic mass is 9.99. The van der Waals surface area contributed by atoms with E-state index in [1.54, 1.807) is 6.07 Å². The Hall–Kier alpha value is -1.49. The summed E-state index contributed by atoms with van der Waals surface area (Å²) in [6, 6.07) is 2.97. The first-order valence-electron chi connectivity index (χ1n) is 7.73. The van der Waals surface area contributed by atoms with Gasteiger partial charge in [0.1, 0.15) is 0 Å². The number of hydrogen-bond acceptors (Lipinski definition) is 4. The van der Waals surface area contributed by atoms with Crippen LogP contribution in [0.2, 0.25) is 0 Å². The Morgan fingerprint density at radius 3 is 2.95 bits per heavy atom. The first-order chi connectivity index (χ1) is 10.2. The van der Waals surface area contributed by atoms with Gasteiger partial charge in [0.25, 0.3) is 0 Å². The zero-order chi connectivity index (χ0) is 15.2. The van der Waals surface area contributed by atoms with Crippen molar-refractivity contribution in [2.75, 3.05) is 30.8 Å². The second kappa shape index (κ2) is 7.50. The zero-order valence-electron chi connectivity index (χ0n) is 12.8. The van der Waals surface area contributed by atoms with Crippen molar-refractivity contribution in [3.05, 3.63) is 17.9 Å². The number of hydrogen-bond donors (Lipinski definition) is 2. The Morgan fingerprint density at radius 1 is 1.43 bits per heavy atom. The van der Waals surface area contributed by atoms with Crippen molar-refractivity contribution in [3.8, 4) is 5.75 Å². The third kappa shape index (κ3) is 4.00. The van der Waals surface area contributed by atoms with Crippen LogP contribution < -0.4 is 15.8 Å².